The summed E-state index contributed by atoms with van der Waals surface area (Å²) >= 11 is 1.51. The molecule has 2 amide bonds. The molecule has 1 aliphatic rings. The Morgan fingerprint density at radius 1 is 1.29 bits per heavy atom. The number of hydrogen-bond acceptors (Lipinski definition) is 4. The van der Waals surface area contributed by atoms with Crippen LogP contribution in [-0.2, 0) is 0 Å². The number of nitrogens with zero attached hydrogens (tertiary/aromatic N) is 3. The van der Waals surface area contributed by atoms with E-state index in [2.05, 4.69) is 10.4 Å². The van der Waals surface area contributed by atoms with Crippen molar-refractivity contribution in [3.05, 3.63) is 40.3 Å². The van der Waals surface area contributed by atoms with E-state index in [-0.39, 0.29) is 23.9 Å². The third-order valence-corrected chi connectivity index (χ3v) is 4.96. The number of hydrogen-bond donors (Lipinski definition) is 1. The van der Waals surface area contributed by atoms with Gasteiger partial charge in [0, 0.05) is 42.3 Å². The predicted molar refractivity (Wildman–Crippen MR) is 93.3 cm³/mol. The summed E-state index contributed by atoms with van der Waals surface area (Å²) in [5, 5.41) is 11.0. The van der Waals surface area contributed by atoms with E-state index < -0.39 is 0 Å². The molecule has 7 heteroatoms. The minimum atomic E-state index is -0.0288. The van der Waals surface area contributed by atoms with Crippen LogP contribution in [-0.4, -0.2) is 45.6 Å². The highest BCUT2D eigenvalue weighted by atomic mass is 32.1. The minimum Gasteiger partial charge on any atom is -0.349 e. The zero-order valence-electron chi connectivity index (χ0n) is 13.9. The number of likely N-dealkylation sites (tertiary alicyclic amines) is 1. The Bertz CT molecular complexity index is 700. The van der Waals surface area contributed by atoms with E-state index >= 15 is 0 Å². The smallest absolute Gasteiger partial charge is 0.272 e. The van der Waals surface area contributed by atoms with Gasteiger partial charge in [0.25, 0.3) is 11.8 Å². The summed E-state index contributed by atoms with van der Waals surface area (Å²) in [4.78, 5) is 26.6. The molecular formula is C17H22N4O2S. The maximum atomic E-state index is 12.7. The molecule has 0 spiro atoms. The van der Waals surface area contributed by atoms with Crippen molar-refractivity contribution in [3.8, 4) is 0 Å². The summed E-state index contributed by atoms with van der Waals surface area (Å²) in [5.74, 6) is -0.0114. The van der Waals surface area contributed by atoms with Crippen LogP contribution in [0.25, 0.3) is 0 Å². The fraction of sp³-hybridized carbons (Fsp3) is 0.471. The van der Waals surface area contributed by atoms with Crippen molar-refractivity contribution in [2.75, 3.05) is 13.1 Å². The lowest BCUT2D eigenvalue weighted by molar-refractivity contribution is 0.0684. The van der Waals surface area contributed by atoms with E-state index in [9.17, 15) is 9.59 Å². The second-order valence-electron chi connectivity index (χ2n) is 6.31. The van der Waals surface area contributed by atoms with E-state index in [4.69, 9.17) is 0 Å². The highest BCUT2D eigenvalue weighted by molar-refractivity contribution is 7.08. The number of amides is 2. The first-order valence-electron chi connectivity index (χ1n) is 8.22. The number of carbonyl (C=O) groups excluding carboxylic acids is 2. The molecule has 1 fully saturated rings. The first-order chi connectivity index (χ1) is 11.6. The van der Waals surface area contributed by atoms with Crippen LogP contribution in [0.4, 0.5) is 0 Å². The summed E-state index contributed by atoms with van der Waals surface area (Å²) in [7, 11) is 0. The van der Waals surface area contributed by atoms with E-state index in [1.807, 2.05) is 35.6 Å². The van der Waals surface area contributed by atoms with Crippen molar-refractivity contribution < 1.29 is 9.59 Å². The molecule has 2 aromatic heterocycles. The largest absolute Gasteiger partial charge is 0.349 e. The topological polar surface area (TPSA) is 67.2 Å². The van der Waals surface area contributed by atoms with E-state index in [0.29, 0.717) is 24.3 Å². The zero-order valence-corrected chi connectivity index (χ0v) is 14.8. The maximum absolute atomic E-state index is 12.7. The molecule has 0 unspecified atom stereocenters. The Morgan fingerprint density at radius 3 is 2.67 bits per heavy atom. The fourth-order valence-corrected chi connectivity index (χ4v) is 3.58. The van der Waals surface area contributed by atoms with Gasteiger partial charge in [-0.25, -0.2) is 0 Å². The molecule has 3 rings (SSSR count). The van der Waals surface area contributed by atoms with Crippen molar-refractivity contribution in [2.45, 2.75) is 38.8 Å². The van der Waals surface area contributed by atoms with Crippen LogP contribution in [0.2, 0.25) is 0 Å². The monoisotopic (exact) mass is 346 g/mol. The van der Waals surface area contributed by atoms with Gasteiger partial charge in [-0.05, 0) is 44.2 Å². The van der Waals surface area contributed by atoms with Gasteiger partial charge in [-0.2, -0.15) is 16.4 Å². The Kier molecular flexibility index (Phi) is 4.99. The predicted octanol–water partition coefficient (Wildman–Crippen LogP) is 2.56. The van der Waals surface area contributed by atoms with E-state index in [1.54, 1.807) is 16.9 Å². The lowest BCUT2D eigenvalue weighted by atomic mass is 10.0. The van der Waals surface area contributed by atoms with Crippen molar-refractivity contribution >= 4 is 23.2 Å². The molecule has 1 aliphatic heterocycles. The van der Waals surface area contributed by atoms with Gasteiger partial charge in [0.1, 0.15) is 5.69 Å². The number of aromatic nitrogens is 2. The molecule has 128 valence electrons. The Balaban J connectivity index is 1.56. The van der Waals surface area contributed by atoms with Gasteiger partial charge in [-0.1, -0.05) is 0 Å². The van der Waals surface area contributed by atoms with Gasteiger partial charge in [0.2, 0.25) is 0 Å². The second kappa shape index (κ2) is 7.17. The average molecular weight is 346 g/mol. The van der Waals surface area contributed by atoms with Crippen LogP contribution in [0.3, 0.4) is 0 Å². The molecule has 0 bridgehead atoms. The molecule has 1 saturated heterocycles. The fourth-order valence-electron chi connectivity index (χ4n) is 2.95. The van der Waals surface area contributed by atoms with E-state index in [0.717, 1.165) is 12.8 Å². The third-order valence-electron chi connectivity index (χ3n) is 4.28. The molecule has 2 aromatic rings. The molecule has 0 aliphatic carbocycles. The first kappa shape index (κ1) is 16.7. The molecular weight excluding hydrogens is 324 g/mol. The molecule has 0 atom stereocenters. The summed E-state index contributed by atoms with van der Waals surface area (Å²) in [5.41, 5.74) is 1.34. The van der Waals surface area contributed by atoms with E-state index in [1.165, 1.54) is 11.3 Å². The van der Waals surface area contributed by atoms with Gasteiger partial charge in [0.05, 0.1) is 0 Å². The van der Waals surface area contributed by atoms with Gasteiger partial charge in [-0.3, -0.25) is 14.3 Å². The molecule has 0 aromatic carbocycles. The number of piperidine rings is 1. The van der Waals surface area contributed by atoms with Crippen LogP contribution < -0.4 is 5.32 Å². The average Bonchev–Trinajstić information content (AvgIpc) is 3.26. The second-order valence-corrected chi connectivity index (χ2v) is 7.09. The minimum absolute atomic E-state index is 0.0174. The number of thiophene rings is 1. The number of nitrogens with one attached hydrogen (secondary N) is 1. The number of carbonyl (C=O) groups is 2. The molecule has 3 heterocycles. The Labute approximate surface area is 145 Å². The van der Waals surface area contributed by atoms with Crippen LogP contribution >= 0.6 is 11.3 Å². The Morgan fingerprint density at radius 2 is 2.04 bits per heavy atom. The Hall–Kier alpha value is -2.15. The summed E-state index contributed by atoms with van der Waals surface area (Å²) in [6, 6.07) is 3.87. The molecule has 6 nitrogen and oxygen atoms in total. The third kappa shape index (κ3) is 3.51. The summed E-state index contributed by atoms with van der Waals surface area (Å²) < 4.78 is 1.76. The van der Waals surface area contributed by atoms with Gasteiger partial charge < -0.3 is 10.2 Å². The molecule has 1 N–H and O–H groups in total. The molecule has 24 heavy (non-hydrogen) atoms. The SMILES string of the molecule is CC(C)n1nccc1C(=O)N1CCC(NC(=O)c2ccsc2)CC1. The van der Waals surface area contributed by atoms with Crippen molar-refractivity contribution in [1.82, 2.24) is 20.0 Å². The quantitative estimate of drug-likeness (QED) is 0.925. The van der Waals surface area contributed by atoms with Crippen molar-refractivity contribution in [1.29, 1.82) is 0 Å². The van der Waals surface area contributed by atoms with Crippen molar-refractivity contribution in [3.63, 3.8) is 0 Å². The normalized spacial score (nSPS) is 15.7. The summed E-state index contributed by atoms with van der Waals surface area (Å²) in [6.45, 7) is 5.32. The molecule has 0 radical (unpaired) electrons. The van der Waals surface area contributed by atoms with Crippen molar-refractivity contribution in [2.24, 2.45) is 0 Å². The molecule has 0 saturated carbocycles. The standard InChI is InChI=1S/C17H22N4O2S/c1-12(2)21-15(3-7-18-21)17(23)20-8-4-14(5-9-20)19-16(22)13-6-10-24-11-13/h3,6-7,10-12,14H,4-5,8-9H2,1-2H3,(H,19,22). The lowest BCUT2D eigenvalue weighted by Gasteiger charge is -2.32. The zero-order chi connectivity index (χ0) is 17.1. The van der Waals surface area contributed by atoms with Crippen LogP contribution in [0.5, 0.6) is 0 Å². The van der Waals surface area contributed by atoms with Crippen LogP contribution in [0, 0.1) is 0 Å². The lowest BCUT2D eigenvalue weighted by Crippen LogP contribution is -2.46. The van der Waals surface area contributed by atoms with Gasteiger partial charge in [0.15, 0.2) is 0 Å². The number of rotatable bonds is 4. The highest BCUT2D eigenvalue weighted by Gasteiger charge is 2.27. The van der Waals surface area contributed by atoms with Gasteiger partial charge in [-0.15, -0.1) is 0 Å². The summed E-state index contributed by atoms with van der Waals surface area (Å²) in [6.07, 6.45) is 3.22. The van der Waals surface area contributed by atoms with Gasteiger partial charge >= 0.3 is 0 Å². The first-order valence-corrected chi connectivity index (χ1v) is 9.16. The maximum Gasteiger partial charge on any atom is 0.272 e. The van der Waals surface area contributed by atoms with Crippen LogP contribution in [0.15, 0.2) is 29.1 Å². The highest BCUT2D eigenvalue weighted by Crippen LogP contribution is 2.17. The van der Waals surface area contributed by atoms with Crippen LogP contribution in [0.1, 0.15) is 53.6 Å².